The van der Waals surface area contributed by atoms with Crippen LogP contribution in [0.1, 0.15) is 5.56 Å². The van der Waals surface area contributed by atoms with E-state index in [1.165, 1.54) is 21.2 Å². The number of benzene rings is 1. The molecule has 0 radical (unpaired) electrons. The van der Waals surface area contributed by atoms with Gasteiger partial charge in [-0.25, -0.2) is 4.98 Å². The first-order chi connectivity index (χ1) is 10.8. The molecule has 120 valence electrons. The first-order valence-corrected chi connectivity index (χ1v) is 8.60. The van der Waals surface area contributed by atoms with Gasteiger partial charge in [0.15, 0.2) is 0 Å². The number of nitrogens with one attached hydrogen (secondary N) is 1. The Kier molecular flexibility index (Phi) is 4.85. The average molecular weight is 346 g/mol. The molecule has 2 aromatic heterocycles. The van der Waals surface area contributed by atoms with Crippen molar-refractivity contribution in [2.45, 2.75) is 6.92 Å². The number of anilines is 1. The number of thiophene rings is 1. The van der Waals surface area contributed by atoms with Crippen LogP contribution < -0.4 is 10.2 Å². The maximum absolute atomic E-state index is 5.01. The van der Waals surface area contributed by atoms with Crippen LogP contribution in [0, 0.1) is 6.92 Å². The van der Waals surface area contributed by atoms with Gasteiger partial charge in [0.2, 0.25) is 0 Å². The highest BCUT2D eigenvalue weighted by Crippen LogP contribution is 2.32. The minimum Gasteiger partial charge on any atom is -0.354 e. The fourth-order valence-electron chi connectivity index (χ4n) is 3.03. The van der Waals surface area contributed by atoms with Crippen LogP contribution in [-0.4, -0.2) is 31.2 Å². The zero-order valence-corrected chi connectivity index (χ0v) is 14.7. The lowest BCUT2D eigenvalue weighted by Crippen LogP contribution is -2.44. The lowest BCUT2D eigenvalue weighted by atomic mass is 10.1. The normalized spacial score (nSPS) is 14.7. The van der Waals surface area contributed by atoms with E-state index in [0.717, 1.165) is 37.7 Å². The molecule has 0 spiro atoms. The van der Waals surface area contributed by atoms with Crippen LogP contribution >= 0.6 is 23.7 Å². The molecule has 1 aromatic carbocycles. The average Bonchev–Trinajstić information content (AvgIpc) is 3.09. The molecule has 3 nitrogen and oxygen atoms in total. The van der Waals surface area contributed by atoms with Gasteiger partial charge < -0.3 is 10.2 Å². The van der Waals surface area contributed by atoms with Gasteiger partial charge >= 0.3 is 0 Å². The van der Waals surface area contributed by atoms with E-state index in [-0.39, 0.29) is 12.4 Å². The number of rotatable bonds is 2. The number of aryl methyl sites for hydroxylation is 1. The summed E-state index contributed by atoms with van der Waals surface area (Å²) < 4.78 is 0. The monoisotopic (exact) mass is 345 g/mol. The third kappa shape index (κ3) is 3.20. The second-order valence-corrected chi connectivity index (χ2v) is 6.72. The van der Waals surface area contributed by atoms with E-state index in [4.69, 9.17) is 4.98 Å². The number of aromatic nitrogens is 1. The summed E-state index contributed by atoms with van der Waals surface area (Å²) in [6.07, 6.45) is 0. The fourth-order valence-corrected chi connectivity index (χ4v) is 3.71. The Hall–Kier alpha value is -1.62. The van der Waals surface area contributed by atoms with Gasteiger partial charge in [0.1, 0.15) is 5.82 Å². The van der Waals surface area contributed by atoms with E-state index in [1.54, 1.807) is 11.3 Å². The molecule has 0 saturated carbocycles. The molecular weight excluding hydrogens is 326 g/mol. The SMILES string of the molecule is Cc1ccc2c(N3CCNCC3)nc(-c3cccs3)cc2c1.Cl. The maximum Gasteiger partial charge on any atom is 0.137 e. The highest BCUT2D eigenvalue weighted by molar-refractivity contribution is 7.13. The largest absolute Gasteiger partial charge is 0.354 e. The molecule has 3 aromatic rings. The fraction of sp³-hybridized carbons (Fsp3) is 0.278. The quantitative estimate of drug-likeness (QED) is 0.757. The van der Waals surface area contributed by atoms with Crippen molar-refractivity contribution < 1.29 is 0 Å². The zero-order valence-electron chi connectivity index (χ0n) is 13.1. The second-order valence-electron chi connectivity index (χ2n) is 5.77. The van der Waals surface area contributed by atoms with Crippen molar-refractivity contribution in [2.75, 3.05) is 31.1 Å². The molecule has 5 heteroatoms. The molecule has 23 heavy (non-hydrogen) atoms. The van der Waals surface area contributed by atoms with E-state index in [9.17, 15) is 0 Å². The van der Waals surface area contributed by atoms with Crippen molar-refractivity contribution in [3.05, 3.63) is 47.3 Å². The zero-order chi connectivity index (χ0) is 14.9. The van der Waals surface area contributed by atoms with Crippen LogP contribution in [0.15, 0.2) is 41.8 Å². The summed E-state index contributed by atoms with van der Waals surface area (Å²) >= 11 is 1.75. The van der Waals surface area contributed by atoms with Crippen molar-refractivity contribution >= 4 is 40.3 Å². The molecule has 1 aliphatic heterocycles. The molecule has 0 atom stereocenters. The van der Waals surface area contributed by atoms with Gasteiger partial charge in [-0.3, -0.25) is 0 Å². The lowest BCUT2D eigenvalue weighted by molar-refractivity contribution is 0.586. The van der Waals surface area contributed by atoms with E-state index in [1.807, 2.05) is 0 Å². The summed E-state index contributed by atoms with van der Waals surface area (Å²) in [6, 6.07) is 13.1. The summed E-state index contributed by atoms with van der Waals surface area (Å²) in [6.45, 7) is 6.24. The van der Waals surface area contributed by atoms with Gasteiger partial charge in [0.25, 0.3) is 0 Å². The van der Waals surface area contributed by atoms with Crippen molar-refractivity contribution in [1.29, 1.82) is 0 Å². The van der Waals surface area contributed by atoms with Crippen LogP contribution in [0.4, 0.5) is 5.82 Å². The van der Waals surface area contributed by atoms with E-state index in [0.29, 0.717) is 0 Å². The van der Waals surface area contributed by atoms with E-state index >= 15 is 0 Å². The highest BCUT2D eigenvalue weighted by atomic mass is 35.5. The third-order valence-electron chi connectivity index (χ3n) is 4.16. The Labute approximate surface area is 146 Å². The Balaban J connectivity index is 0.00000156. The van der Waals surface area contributed by atoms with Crippen LogP contribution in [0.3, 0.4) is 0 Å². The van der Waals surface area contributed by atoms with Gasteiger partial charge in [-0.2, -0.15) is 0 Å². The molecule has 0 bridgehead atoms. The lowest BCUT2D eigenvalue weighted by Gasteiger charge is -2.29. The van der Waals surface area contributed by atoms with Crippen LogP contribution in [0.25, 0.3) is 21.3 Å². The second kappa shape index (κ2) is 6.87. The number of hydrogen-bond donors (Lipinski definition) is 1. The van der Waals surface area contributed by atoms with Gasteiger partial charge in [-0.15, -0.1) is 23.7 Å². The number of pyridine rings is 1. The van der Waals surface area contributed by atoms with E-state index in [2.05, 4.69) is 58.9 Å². The molecule has 1 saturated heterocycles. The number of piperazine rings is 1. The van der Waals surface area contributed by atoms with Crippen molar-refractivity contribution in [3.8, 4) is 10.6 Å². The van der Waals surface area contributed by atoms with Crippen LogP contribution in [0.2, 0.25) is 0 Å². The summed E-state index contributed by atoms with van der Waals surface area (Å²) in [4.78, 5) is 8.65. The topological polar surface area (TPSA) is 28.2 Å². The minimum absolute atomic E-state index is 0. The molecular formula is C18H20ClN3S. The van der Waals surface area contributed by atoms with Gasteiger partial charge in [0.05, 0.1) is 10.6 Å². The maximum atomic E-state index is 5.01. The van der Waals surface area contributed by atoms with Crippen molar-refractivity contribution in [3.63, 3.8) is 0 Å². The molecule has 1 fully saturated rings. The smallest absolute Gasteiger partial charge is 0.137 e. The molecule has 1 N–H and O–H groups in total. The summed E-state index contributed by atoms with van der Waals surface area (Å²) in [5.41, 5.74) is 2.38. The van der Waals surface area contributed by atoms with Crippen LogP contribution in [0.5, 0.6) is 0 Å². The third-order valence-corrected chi connectivity index (χ3v) is 5.05. The van der Waals surface area contributed by atoms with Gasteiger partial charge in [-0.1, -0.05) is 29.8 Å². The number of halogens is 1. The van der Waals surface area contributed by atoms with E-state index < -0.39 is 0 Å². The Morgan fingerprint density at radius 1 is 1.13 bits per heavy atom. The predicted octanol–water partition coefficient (Wildman–Crippen LogP) is 4.10. The predicted molar refractivity (Wildman–Crippen MR) is 102 cm³/mol. The summed E-state index contributed by atoms with van der Waals surface area (Å²) in [5.74, 6) is 1.13. The minimum atomic E-state index is 0. The van der Waals surface area contributed by atoms with Gasteiger partial charge in [0, 0.05) is 31.6 Å². The Morgan fingerprint density at radius 3 is 2.70 bits per heavy atom. The number of hydrogen-bond acceptors (Lipinski definition) is 4. The highest BCUT2D eigenvalue weighted by Gasteiger charge is 2.16. The number of fused-ring (bicyclic) bond motifs is 1. The first kappa shape index (κ1) is 16.2. The molecule has 0 unspecified atom stereocenters. The molecule has 0 amide bonds. The summed E-state index contributed by atoms with van der Waals surface area (Å²) in [7, 11) is 0. The number of nitrogens with zero attached hydrogens (tertiary/aromatic N) is 2. The van der Waals surface area contributed by atoms with Crippen LogP contribution in [-0.2, 0) is 0 Å². The Morgan fingerprint density at radius 2 is 1.96 bits per heavy atom. The Bertz CT molecular complexity index is 795. The molecule has 1 aliphatic rings. The molecule has 3 heterocycles. The molecule has 0 aliphatic carbocycles. The molecule has 4 rings (SSSR count). The van der Waals surface area contributed by atoms with Gasteiger partial charge in [-0.05, 0) is 29.8 Å². The standard InChI is InChI=1S/C18H19N3S.ClH/c1-13-4-5-15-14(11-13)12-16(17-3-2-10-22-17)20-18(15)21-8-6-19-7-9-21;/h2-5,10-12,19H,6-9H2,1H3;1H. The first-order valence-electron chi connectivity index (χ1n) is 7.72. The van der Waals surface area contributed by atoms with Crippen molar-refractivity contribution in [1.82, 2.24) is 10.3 Å². The summed E-state index contributed by atoms with van der Waals surface area (Å²) in [5, 5.41) is 8.07. The van der Waals surface area contributed by atoms with Crippen molar-refractivity contribution in [2.24, 2.45) is 0 Å².